The molecule has 0 aliphatic carbocycles. The van der Waals surface area contributed by atoms with Gasteiger partial charge in [-0.1, -0.05) is 30.3 Å². The highest BCUT2D eigenvalue weighted by Crippen LogP contribution is 2.49. The number of aliphatic hydroxyl groups is 1. The SMILES string of the molecule is CC(C)(C)OC(=O)N1CCN(c2ncc(C(O)(C(F)(F)F)C(F)(F)F)cn2)[C@@H](CN(Cc2ccccc2)S(=O)O)C1. The first-order valence-corrected chi connectivity index (χ1v) is 13.2. The second-order valence-electron chi connectivity index (χ2n) is 10.3. The summed E-state index contributed by atoms with van der Waals surface area (Å²) in [4.78, 5) is 22.8. The summed E-state index contributed by atoms with van der Waals surface area (Å²) in [5.74, 6) is -0.308. The minimum absolute atomic E-state index is 0.00468. The molecule has 2 aromatic rings. The van der Waals surface area contributed by atoms with Crippen molar-refractivity contribution in [3.05, 3.63) is 53.9 Å². The fraction of sp³-hybridized carbons (Fsp3) is 0.542. The molecule has 1 aromatic carbocycles. The van der Waals surface area contributed by atoms with Gasteiger partial charge in [0.15, 0.2) is 0 Å². The Hall–Kier alpha value is -3.02. The molecule has 0 spiro atoms. The maximum absolute atomic E-state index is 13.3. The van der Waals surface area contributed by atoms with Crippen LogP contribution >= 0.6 is 0 Å². The lowest BCUT2D eigenvalue weighted by Crippen LogP contribution is -2.59. The van der Waals surface area contributed by atoms with Gasteiger partial charge in [-0.15, -0.1) is 0 Å². The molecular weight excluding hydrogens is 584 g/mol. The van der Waals surface area contributed by atoms with E-state index in [4.69, 9.17) is 4.74 Å². The summed E-state index contributed by atoms with van der Waals surface area (Å²) in [7, 11) is 0. The van der Waals surface area contributed by atoms with Gasteiger partial charge in [-0.3, -0.25) is 4.55 Å². The van der Waals surface area contributed by atoms with Gasteiger partial charge in [0.1, 0.15) is 5.60 Å². The summed E-state index contributed by atoms with van der Waals surface area (Å²) >= 11 is -2.50. The summed E-state index contributed by atoms with van der Waals surface area (Å²) in [6.45, 7) is 4.68. The minimum atomic E-state index is -6.11. The second kappa shape index (κ2) is 12.1. The molecule has 1 fully saturated rings. The Morgan fingerprint density at radius 2 is 1.61 bits per heavy atom. The molecule has 1 unspecified atom stereocenters. The molecule has 1 aliphatic rings. The topological polar surface area (TPSA) is 119 Å². The zero-order valence-corrected chi connectivity index (χ0v) is 23.0. The zero-order chi connectivity index (χ0) is 30.8. The Bertz CT molecular complexity index is 1200. The first kappa shape index (κ1) is 32.5. The summed E-state index contributed by atoms with van der Waals surface area (Å²) < 4.78 is 109. The van der Waals surface area contributed by atoms with Crippen LogP contribution in [0.4, 0.5) is 37.1 Å². The van der Waals surface area contributed by atoms with Crippen molar-refractivity contribution < 1.29 is 49.7 Å². The van der Waals surface area contributed by atoms with Crippen molar-refractivity contribution in [1.82, 2.24) is 19.2 Å². The number of carbonyl (C=O) groups excluding carboxylic acids is 1. The number of benzene rings is 1. The van der Waals surface area contributed by atoms with Crippen LogP contribution in [0.25, 0.3) is 0 Å². The van der Waals surface area contributed by atoms with Gasteiger partial charge in [0.2, 0.25) is 17.2 Å². The number of amides is 1. The van der Waals surface area contributed by atoms with Crippen molar-refractivity contribution in [3.63, 3.8) is 0 Å². The molecule has 1 aliphatic heterocycles. The molecule has 1 amide bonds. The van der Waals surface area contributed by atoms with Crippen LogP contribution in [0, 0.1) is 0 Å². The van der Waals surface area contributed by atoms with Crippen LogP contribution in [0.15, 0.2) is 42.7 Å². The van der Waals surface area contributed by atoms with Gasteiger partial charge < -0.3 is 19.6 Å². The average molecular weight is 614 g/mol. The van der Waals surface area contributed by atoms with E-state index in [1.165, 1.54) is 9.80 Å². The van der Waals surface area contributed by atoms with Gasteiger partial charge in [0.05, 0.1) is 6.04 Å². The van der Waals surface area contributed by atoms with Crippen LogP contribution in [-0.4, -0.2) is 89.3 Å². The van der Waals surface area contributed by atoms with E-state index in [-0.39, 0.29) is 51.1 Å². The van der Waals surface area contributed by atoms with Crippen molar-refractivity contribution in [2.45, 2.75) is 56.9 Å². The number of halogens is 6. The predicted octanol–water partition coefficient (Wildman–Crippen LogP) is 3.85. The first-order valence-electron chi connectivity index (χ1n) is 12.2. The molecule has 2 N–H and O–H groups in total. The minimum Gasteiger partial charge on any atom is -0.444 e. The fourth-order valence-corrected chi connectivity index (χ4v) is 4.68. The van der Waals surface area contributed by atoms with Crippen LogP contribution < -0.4 is 4.90 Å². The van der Waals surface area contributed by atoms with E-state index < -0.39 is 52.5 Å². The van der Waals surface area contributed by atoms with Crippen LogP contribution in [0.5, 0.6) is 0 Å². The van der Waals surface area contributed by atoms with E-state index in [1.54, 1.807) is 51.1 Å². The molecule has 10 nitrogen and oxygen atoms in total. The van der Waals surface area contributed by atoms with E-state index in [2.05, 4.69) is 9.97 Å². The van der Waals surface area contributed by atoms with Crippen LogP contribution in [0.3, 0.4) is 0 Å². The van der Waals surface area contributed by atoms with E-state index >= 15 is 0 Å². The van der Waals surface area contributed by atoms with Crippen molar-refractivity contribution in [2.24, 2.45) is 0 Å². The third-order valence-electron chi connectivity index (χ3n) is 6.10. The van der Waals surface area contributed by atoms with Gasteiger partial charge in [-0.25, -0.2) is 19.0 Å². The molecule has 3 rings (SSSR count). The number of anilines is 1. The zero-order valence-electron chi connectivity index (χ0n) is 22.2. The fourth-order valence-electron chi connectivity index (χ4n) is 4.12. The van der Waals surface area contributed by atoms with E-state index in [9.17, 15) is 45.0 Å². The van der Waals surface area contributed by atoms with Gasteiger partial charge in [0, 0.05) is 50.7 Å². The van der Waals surface area contributed by atoms with Gasteiger partial charge in [-0.05, 0) is 26.3 Å². The molecule has 1 aromatic heterocycles. The number of nitrogens with zero attached hydrogens (tertiary/aromatic N) is 5. The lowest BCUT2D eigenvalue weighted by Gasteiger charge is -2.42. The van der Waals surface area contributed by atoms with E-state index in [1.807, 2.05) is 0 Å². The molecule has 41 heavy (non-hydrogen) atoms. The van der Waals surface area contributed by atoms with E-state index in [0.29, 0.717) is 5.56 Å². The quantitative estimate of drug-likeness (QED) is 0.357. The average Bonchev–Trinajstić information content (AvgIpc) is 2.86. The molecule has 0 bridgehead atoms. The maximum Gasteiger partial charge on any atom is 0.430 e. The number of aromatic nitrogens is 2. The lowest BCUT2D eigenvalue weighted by molar-refractivity contribution is -0.376. The summed E-state index contributed by atoms with van der Waals surface area (Å²) in [6.07, 6.45) is -12.4. The first-order chi connectivity index (χ1) is 18.8. The van der Waals surface area contributed by atoms with E-state index in [0.717, 1.165) is 4.31 Å². The highest BCUT2D eigenvalue weighted by Gasteiger charge is 2.71. The standard InChI is InChI=1S/C24H29F6N5O5S/c1-21(2,3)40-20(36)33-9-10-35(18(14-33)15-34(41(38)39)13-16-7-5-4-6-8-16)19-31-11-17(12-32-19)22(37,23(25,26)27)24(28,29)30/h4-8,11-12,18,37H,9-10,13-15H2,1-3H3,(H,38,39)/t18-/m1/s1. The Balaban J connectivity index is 1.94. The van der Waals surface area contributed by atoms with Gasteiger partial charge in [-0.2, -0.15) is 30.6 Å². The number of rotatable bonds is 7. The van der Waals surface area contributed by atoms with Crippen molar-refractivity contribution in [1.29, 1.82) is 0 Å². The van der Waals surface area contributed by atoms with Crippen LogP contribution in [-0.2, 0) is 28.1 Å². The Morgan fingerprint density at radius 1 is 1.05 bits per heavy atom. The third-order valence-corrected chi connectivity index (χ3v) is 6.82. The number of ether oxygens (including phenoxy) is 1. The largest absolute Gasteiger partial charge is 0.444 e. The number of alkyl halides is 6. The van der Waals surface area contributed by atoms with Crippen LogP contribution in [0.2, 0.25) is 0 Å². The molecule has 2 heterocycles. The summed E-state index contributed by atoms with van der Waals surface area (Å²) in [5, 5.41) is 9.65. The second-order valence-corrected chi connectivity index (χ2v) is 11.3. The predicted molar refractivity (Wildman–Crippen MR) is 135 cm³/mol. The number of hydrogen-bond acceptors (Lipinski definition) is 7. The molecule has 0 radical (unpaired) electrons. The molecule has 228 valence electrons. The number of piperazine rings is 1. The maximum atomic E-state index is 13.3. The lowest BCUT2D eigenvalue weighted by atomic mass is 9.95. The highest BCUT2D eigenvalue weighted by atomic mass is 32.2. The van der Waals surface area contributed by atoms with Gasteiger partial charge in [0.25, 0.3) is 5.60 Å². The van der Waals surface area contributed by atoms with Crippen molar-refractivity contribution in [2.75, 3.05) is 31.1 Å². The Morgan fingerprint density at radius 3 is 2.10 bits per heavy atom. The van der Waals surface area contributed by atoms with Gasteiger partial charge >= 0.3 is 18.4 Å². The Labute approximate surface area is 234 Å². The molecular formula is C24H29F6N5O5S. The molecule has 0 saturated carbocycles. The molecule has 17 heteroatoms. The normalized spacial score (nSPS) is 18.0. The monoisotopic (exact) mass is 613 g/mol. The highest BCUT2D eigenvalue weighted by molar-refractivity contribution is 7.76. The van der Waals surface area contributed by atoms with Crippen molar-refractivity contribution in [3.8, 4) is 0 Å². The summed E-state index contributed by atoms with van der Waals surface area (Å²) in [5.41, 5.74) is -6.98. The number of carbonyl (C=O) groups is 1. The third kappa shape index (κ3) is 7.64. The molecule has 1 saturated heterocycles. The molecule has 2 atom stereocenters. The van der Waals surface area contributed by atoms with Crippen molar-refractivity contribution >= 4 is 23.3 Å². The smallest absolute Gasteiger partial charge is 0.430 e. The van der Waals surface area contributed by atoms with Crippen LogP contribution in [0.1, 0.15) is 31.9 Å². The summed E-state index contributed by atoms with van der Waals surface area (Å²) in [6, 6.07) is 7.80. The Kier molecular flexibility index (Phi) is 9.57. The number of hydrogen-bond donors (Lipinski definition) is 2.